The number of H-pyrrole nitrogens is 1. The van der Waals surface area contributed by atoms with E-state index < -0.39 is 23.8 Å². The van der Waals surface area contributed by atoms with Crippen LogP contribution in [0.3, 0.4) is 0 Å². The summed E-state index contributed by atoms with van der Waals surface area (Å²) in [7, 11) is 0. The lowest BCUT2D eigenvalue weighted by atomic mass is 9.86. The molecule has 0 spiro atoms. The Kier molecular flexibility index (Phi) is 6.13. The molecule has 0 aliphatic carbocycles. The number of carbonyl (C=O) groups is 1. The molecule has 2 heterocycles. The van der Waals surface area contributed by atoms with E-state index in [0.717, 1.165) is 55.4 Å². The molecular weight excluding hydrogens is 407 g/mol. The molecule has 4 rings (SSSR count). The Morgan fingerprint density at radius 1 is 1.13 bits per heavy atom. The van der Waals surface area contributed by atoms with Gasteiger partial charge < -0.3 is 16.0 Å². The van der Waals surface area contributed by atoms with Crippen molar-refractivity contribution in [2.24, 2.45) is 5.92 Å². The minimum atomic E-state index is -4.44. The molecule has 0 saturated carbocycles. The Balaban J connectivity index is 1.60. The first-order chi connectivity index (χ1) is 14.9. The molecule has 1 aliphatic heterocycles. The second-order valence-electron chi connectivity index (χ2n) is 7.78. The van der Waals surface area contributed by atoms with Gasteiger partial charge in [-0.15, -0.1) is 0 Å². The van der Waals surface area contributed by atoms with Gasteiger partial charge in [0, 0.05) is 5.39 Å². The van der Waals surface area contributed by atoms with E-state index in [2.05, 4.69) is 26.1 Å². The monoisotopic (exact) mass is 431 g/mol. The average Bonchev–Trinajstić information content (AvgIpc) is 3.07. The fourth-order valence-electron chi connectivity index (χ4n) is 4.14. The van der Waals surface area contributed by atoms with Gasteiger partial charge in [-0.1, -0.05) is 18.2 Å². The molecule has 0 radical (unpaired) electrons. The van der Waals surface area contributed by atoms with Crippen molar-refractivity contribution in [2.45, 2.75) is 31.5 Å². The predicted octanol–water partition coefficient (Wildman–Crippen LogP) is 4.83. The third kappa shape index (κ3) is 4.99. The number of carbonyl (C=O) groups excluding carboxylic acids is 1. The lowest BCUT2D eigenvalue weighted by molar-refractivity contribution is -0.137. The number of aromatic amines is 1. The van der Waals surface area contributed by atoms with Crippen molar-refractivity contribution in [2.75, 3.05) is 18.4 Å². The summed E-state index contributed by atoms with van der Waals surface area (Å²) in [6, 6.07) is 9.62. The van der Waals surface area contributed by atoms with Crippen LogP contribution in [-0.2, 0) is 6.18 Å². The molecule has 2 unspecified atom stereocenters. The smallest absolute Gasteiger partial charge is 0.331 e. The summed E-state index contributed by atoms with van der Waals surface area (Å²) in [5.41, 5.74) is 1.10. The zero-order chi connectivity index (χ0) is 21.8. The van der Waals surface area contributed by atoms with Crippen LogP contribution in [0.1, 0.15) is 36.4 Å². The topological polar surface area (TPSA) is 81.8 Å². The Labute approximate surface area is 177 Å². The highest BCUT2D eigenvalue weighted by Gasteiger charge is 2.32. The predicted molar refractivity (Wildman–Crippen MR) is 113 cm³/mol. The highest BCUT2D eigenvalue weighted by molar-refractivity contribution is 6.00. The largest absolute Gasteiger partial charge is 0.416 e. The van der Waals surface area contributed by atoms with Crippen molar-refractivity contribution in [1.82, 2.24) is 20.8 Å². The first kappa shape index (κ1) is 21.2. The van der Waals surface area contributed by atoms with Crippen molar-refractivity contribution in [3.8, 4) is 0 Å². The van der Waals surface area contributed by atoms with Crippen molar-refractivity contribution in [3.05, 3.63) is 59.8 Å². The maximum Gasteiger partial charge on any atom is 0.416 e. The summed E-state index contributed by atoms with van der Waals surface area (Å²) < 4.78 is 39.9. The Bertz CT molecular complexity index is 1040. The molecule has 4 N–H and O–H groups in total. The fraction of sp³-hybridized carbons (Fsp3) is 0.364. The number of rotatable bonds is 4. The van der Waals surface area contributed by atoms with E-state index in [9.17, 15) is 18.0 Å². The van der Waals surface area contributed by atoms with E-state index >= 15 is 0 Å². The number of amides is 2. The normalized spacial score (nSPS) is 18.4. The van der Waals surface area contributed by atoms with Gasteiger partial charge in [0.2, 0.25) is 0 Å². The van der Waals surface area contributed by atoms with Crippen molar-refractivity contribution in [3.63, 3.8) is 0 Å². The summed E-state index contributed by atoms with van der Waals surface area (Å²) >= 11 is 0. The van der Waals surface area contributed by atoms with E-state index in [1.807, 2.05) is 6.07 Å². The van der Waals surface area contributed by atoms with Gasteiger partial charge in [-0.2, -0.15) is 18.3 Å². The summed E-state index contributed by atoms with van der Waals surface area (Å²) in [5, 5.41) is 16.7. The average molecular weight is 431 g/mol. The molecule has 2 amide bonds. The maximum absolute atomic E-state index is 13.3. The van der Waals surface area contributed by atoms with Crippen LogP contribution in [0, 0.1) is 5.92 Å². The molecule has 2 aromatic carbocycles. The number of alkyl halides is 3. The van der Waals surface area contributed by atoms with Crippen LogP contribution in [0.25, 0.3) is 10.9 Å². The molecule has 0 bridgehead atoms. The van der Waals surface area contributed by atoms with Gasteiger partial charge in [-0.25, -0.2) is 4.79 Å². The molecule has 1 saturated heterocycles. The van der Waals surface area contributed by atoms with Crippen molar-refractivity contribution in [1.29, 1.82) is 0 Å². The molecule has 3 aromatic rings. The number of anilines is 1. The summed E-state index contributed by atoms with van der Waals surface area (Å²) in [6.07, 6.45) is -0.348. The molecule has 31 heavy (non-hydrogen) atoms. The van der Waals surface area contributed by atoms with Gasteiger partial charge in [0.05, 0.1) is 29.0 Å². The maximum atomic E-state index is 13.3. The number of hydrogen-bond acceptors (Lipinski definition) is 3. The minimum absolute atomic E-state index is 0.0222. The van der Waals surface area contributed by atoms with Crippen molar-refractivity contribution < 1.29 is 18.0 Å². The molecule has 2 atom stereocenters. The van der Waals surface area contributed by atoms with Crippen molar-refractivity contribution >= 4 is 22.6 Å². The van der Waals surface area contributed by atoms with Crippen LogP contribution in [0.15, 0.2) is 48.7 Å². The van der Waals surface area contributed by atoms with Crippen LogP contribution < -0.4 is 16.0 Å². The summed E-state index contributed by atoms with van der Waals surface area (Å²) in [5.74, 6) is 0.0222. The molecule has 1 aliphatic rings. The quantitative estimate of drug-likeness (QED) is 0.477. The highest BCUT2D eigenvalue weighted by atomic mass is 19.4. The number of urea groups is 1. The Hall–Kier alpha value is -3.07. The third-order valence-electron chi connectivity index (χ3n) is 5.68. The first-order valence-electron chi connectivity index (χ1n) is 10.3. The minimum Gasteiger partial charge on any atom is -0.331 e. The number of nitrogens with one attached hydrogen (secondary N) is 4. The van der Waals surface area contributed by atoms with Crippen LogP contribution in [-0.4, -0.2) is 29.3 Å². The Morgan fingerprint density at radius 3 is 2.81 bits per heavy atom. The number of fused-ring (bicyclic) bond motifs is 1. The number of aromatic nitrogens is 2. The van der Waals surface area contributed by atoms with Gasteiger partial charge in [-0.05, 0) is 68.1 Å². The van der Waals surface area contributed by atoms with E-state index in [0.29, 0.717) is 11.3 Å². The van der Waals surface area contributed by atoms with Crippen LogP contribution in [0.4, 0.5) is 23.7 Å². The number of benzene rings is 2. The van der Waals surface area contributed by atoms with E-state index in [1.165, 1.54) is 6.07 Å². The molecular formula is C22H24F3N5O. The van der Waals surface area contributed by atoms with Crippen LogP contribution in [0.5, 0.6) is 0 Å². The summed E-state index contributed by atoms with van der Waals surface area (Å²) in [4.78, 5) is 12.9. The zero-order valence-corrected chi connectivity index (χ0v) is 16.8. The molecule has 1 aromatic heterocycles. The number of nitrogens with zero attached hydrogens (tertiary/aromatic N) is 1. The van der Waals surface area contributed by atoms with Crippen LogP contribution in [0.2, 0.25) is 0 Å². The number of halogens is 3. The van der Waals surface area contributed by atoms with Gasteiger partial charge in [0.25, 0.3) is 0 Å². The fourth-order valence-corrected chi connectivity index (χ4v) is 4.14. The van der Waals surface area contributed by atoms with Gasteiger partial charge in [-0.3, -0.25) is 5.10 Å². The SMILES string of the molecule is O=C(Nc1cccc2[nH]ncc12)NC(c1cccc(C(F)(F)F)c1)C1CCCNCC1. The first-order valence-corrected chi connectivity index (χ1v) is 10.3. The van der Waals surface area contributed by atoms with E-state index in [4.69, 9.17) is 0 Å². The molecule has 6 nitrogen and oxygen atoms in total. The third-order valence-corrected chi connectivity index (χ3v) is 5.68. The van der Waals surface area contributed by atoms with Gasteiger partial charge in [0.1, 0.15) is 0 Å². The highest BCUT2D eigenvalue weighted by Crippen LogP contribution is 2.34. The summed E-state index contributed by atoms with van der Waals surface area (Å²) in [6.45, 7) is 1.62. The lowest BCUT2D eigenvalue weighted by Gasteiger charge is -2.28. The van der Waals surface area contributed by atoms with Crippen LogP contribution >= 0.6 is 0 Å². The number of hydrogen-bond donors (Lipinski definition) is 4. The lowest BCUT2D eigenvalue weighted by Crippen LogP contribution is -2.37. The zero-order valence-electron chi connectivity index (χ0n) is 16.8. The van der Waals surface area contributed by atoms with Gasteiger partial charge >= 0.3 is 12.2 Å². The second-order valence-corrected chi connectivity index (χ2v) is 7.78. The Morgan fingerprint density at radius 2 is 1.97 bits per heavy atom. The standard InChI is InChI=1S/C22H24F3N5O/c23-22(24,25)16-6-1-4-15(12-16)20(14-5-3-10-26-11-9-14)29-21(31)28-18-7-2-8-19-17(18)13-27-30-19/h1-2,4,6-8,12-14,20,26H,3,5,9-11H2,(H,27,30)(H2,28,29,31). The molecule has 164 valence electrons. The second kappa shape index (κ2) is 8.97. The van der Waals surface area contributed by atoms with E-state index in [1.54, 1.807) is 24.4 Å². The molecule has 1 fully saturated rings. The van der Waals surface area contributed by atoms with Gasteiger partial charge in [0.15, 0.2) is 0 Å². The van der Waals surface area contributed by atoms with E-state index in [-0.39, 0.29) is 5.92 Å². The molecule has 9 heteroatoms.